The largest absolute Gasteiger partial charge is 0.368 e. The van der Waals surface area contributed by atoms with Crippen molar-refractivity contribution in [2.75, 3.05) is 41.3 Å². The predicted molar refractivity (Wildman–Crippen MR) is 112 cm³/mol. The van der Waals surface area contributed by atoms with E-state index in [1.807, 2.05) is 36.4 Å². The number of rotatable bonds is 4. The van der Waals surface area contributed by atoms with Gasteiger partial charge in [-0.1, -0.05) is 23.7 Å². The summed E-state index contributed by atoms with van der Waals surface area (Å²) in [6.07, 6.45) is 1.75. The van der Waals surface area contributed by atoms with Crippen LogP contribution in [0.2, 0.25) is 5.02 Å². The third kappa shape index (κ3) is 4.16. The quantitative estimate of drug-likeness (QED) is 0.724. The molecule has 3 aromatic rings. The standard InChI is InChI=1S/C21H19ClN6/c22-17-4-2-6-19(14-17)27-9-11-28(12-10-27)21-24-8-7-20(26-21)25-18-5-1-3-16(13-18)15-23/h1-8,13-14H,9-12H2,(H,24,25,26). The Labute approximate surface area is 169 Å². The lowest BCUT2D eigenvalue weighted by Gasteiger charge is -2.36. The van der Waals surface area contributed by atoms with Crippen molar-refractivity contribution in [3.63, 3.8) is 0 Å². The fourth-order valence-corrected chi connectivity index (χ4v) is 3.41. The van der Waals surface area contributed by atoms with E-state index in [1.165, 1.54) is 0 Å². The number of nitriles is 1. The summed E-state index contributed by atoms with van der Waals surface area (Å²) in [5, 5.41) is 13.0. The minimum Gasteiger partial charge on any atom is -0.368 e. The van der Waals surface area contributed by atoms with Crippen LogP contribution in [0.5, 0.6) is 0 Å². The number of piperazine rings is 1. The first kappa shape index (κ1) is 18.1. The van der Waals surface area contributed by atoms with E-state index < -0.39 is 0 Å². The van der Waals surface area contributed by atoms with Gasteiger partial charge in [-0.25, -0.2) is 4.98 Å². The Morgan fingerprint density at radius 1 is 0.964 bits per heavy atom. The molecule has 4 rings (SSSR count). The summed E-state index contributed by atoms with van der Waals surface area (Å²) in [5.41, 5.74) is 2.58. The van der Waals surface area contributed by atoms with Gasteiger partial charge in [-0.05, 0) is 42.5 Å². The van der Waals surface area contributed by atoms with Crippen LogP contribution in [-0.2, 0) is 0 Å². The van der Waals surface area contributed by atoms with Crippen molar-refractivity contribution in [1.29, 1.82) is 5.26 Å². The van der Waals surface area contributed by atoms with E-state index in [9.17, 15) is 0 Å². The molecule has 0 bridgehead atoms. The minimum absolute atomic E-state index is 0.608. The molecule has 1 aromatic heterocycles. The first-order valence-corrected chi connectivity index (χ1v) is 9.45. The van der Waals surface area contributed by atoms with Crippen LogP contribution < -0.4 is 15.1 Å². The lowest BCUT2D eigenvalue weighted by atomic mass is 10.2. The predicted octanol–water partition coefficient (Wildman–Crippen LogP) is 4.07. The van der Waals surface area contributed by atoms with Crippen LogP contribution in [0.3, 0.4) is 0 Å². The second-order valence-corrected chi connectivity index (χ2v) is 6.95. The van der Waals surface area contributed by atoms with Crippen molar-refractivity contribution < 1.29 is 0 Å². The maximum absolute atomic E-state index is 9.04. The highest BCUT2D eigenvalue weighted by atomic mass is 35.5. The topological polar surface area (TPSA) is 68.1 Å². The molecule has 0 radical (unpaired) electrons. The highest BCUT2D eigenvalue weighted by molar-refractivity contribution is 6.30. The Hall–Kier alpha value is -3.30. The lowest BCUT2D eigenvalue weighted by Crippen LogP contribution is -2.47. The Balaban J connectivity index is 1.43. The average Bonchev–Trinajstić information content (AvgIpc) is 2.74. The highest BCUT2D eigenvalue weighted by Crippen LogP contribution is 2.23. The van der Waals surface area contributed by atoms with E-state index in [0.717, 1.165) is 42.6 Å². The molecule has 0 unspecified atom stereocenters. The van der Waals surface area contributed by atoms with Gasteiger partial charge >= 0.3 is 0 Å². The molecule has 6 nitrogen and oxygen atoms in total. The summed E-state index contributed by atoms with van der Waals surface area (Å²) >= 11 is 6.11. The van der Waals surface area contributed by atoms with Crippen LogP contribution >= 0.6 is 11.6 Å². The van der Waals surface area contributed by atoms with Crippen LogP contribution in [0, 0.1) is 11.3 Å². The zero-order valence-electron chi connectivity index (χ0n) is 15.2. The van der Waals surface area contributed by atoms with Gasteiger partial charge in [-0.3, -0.25) is 0 Å². The Morgan fingerprint density at radius 3 is 2.54 bits per heavy atom. The number of benzene rings is 2. The highest BCUT2D eigenvalue weighted by Gasteiger charge is 2.19. The number of hydrogen-bond donors (Lipinski definition) is 1. The molecule has 0 spiro atoms. The second kappa shape index (κ2) is 8.15. The number of anilines is 4. The SMILES string of the molecule is N#Cc1cccc(Nc2ccnc(N3CCN(c4cccc(Cl)c4)CC3)n2)c1. The molecule has 0 aliphatic carbocycles. The van der Waals surface area contributed by atoms with Gasteiger partial charge in [0, 0.05) is 48.8 Å². The van der Waals surface area contributed by atoms with E-state index in [4.69, 9.17) is 16.9 Å². The molecule has 7 heteroatoms. The Morgan fingerprint density at radius 2 is 1.75 bits per heavy atom. The van der Waals surface area contributed by atoms with Gasteiger partial charge in [-0.15, -0.1) is 0 Å². The molecule has 1 N–H and O–H groups in total. The van der Waals surface area contributed by atoms with Crippen molar-refractivity contribution in [3.8, 4) is 6.07 Å². The molecule has 28 heavy (non-hydrogen) atoms. The fourth-order valence-electron chi connectivity index (χ4n) is 3.22. The smallest absolute Gasteiger partial charge is 0.227 e. The van der Waals surface area contributed by atoms with E-state index >= 15 is 0 Å². The van der Waals surface area contributed by atoms with Crippen LogP contribution in [0.15, 0.2) is 60.8 Å². The molecule has 2 aromatic carbocycles. The van der Waals surface area contributed by atoms with E-state index in [2.05, 4.69) is 37.2 Å². The molecule has 1 fully saturated rings. The number of aromatic nitrogens is 2. The van der Waals surface area contributed by atoms with Gasteiger partial charge < -0.3 is 15.1 Å². The van der Waals surface area contributed by atoms with Gasteiger partial charge in [0.25, 0.3) is 0 Å². The van der Waals surface area contributed by atoms with Crippen molar-refractivity contribution in [1.82, 2.24) is 9.97 Å². The monoisotopic (exact) mass is 390 g/mol. The summed E-state index contributed by atoms with van der Waals surface area (Å²) in [5.74, 6) is 1.41. The molecular formula is C21H19ClN6. The molecule has 140 valence electrons. The number of nitrogens with one attached hydrogen (secondary N) is 1. The molecule has 0 saturated carbocycles. The number of nitrogens with zero attached hydrogens (tertiary/aromatic N) is 5. The van der Waals surface area contributed by atoms with Crippen LogP contribution in [0.4, 0.5) is 23.1 Å². The lowest BCUT2D eigenvalue weighted by molar-refractivity contribution is 0.640. The second-order valence-electron chi connectivity index (χ2n) is 6.51. The van der Waals surface area contributed by atoms with E-state index in [0.29, 0.717) is 17.3 Å². The zero-order chi connectivity index (χ0) is 19.3. The van der Waals surface area contributed by atoms with Gasteiger partial charge in [-0.2, -0.15) is 10.2 Å². The minimum atomic E-state index is 0.608. The molecular weight excluding hydrogens is 372 g/mol. The molecule has 0 amide bonds. The normalized spacial score (nSPS) is 13.9. The maximum Gasteiger partial charge on any atom is 0.227 e. The molecule has 1 saturated heterocycles. The first-order valence-electron chi connectivity index (χ1n) is 9.07. The van der Waals surface area contributed by atoms with Gasteiger partial charge in [0.05, 0.1) is 11.6 Å². The summed E-state index contributed by atoms with van der Waals surface area (Å²) in [6, 6.07) is 19.2. The Bertz CT molecular complexity index is 1010. The fraction of sp³-hybridized carbons (Fsp3) is 0.190. The van der Waals surface area contributed by atoms with Gasteiger partial charge in [0.2, 0.25) is 5.95 Å². The molecule has 2 heterocycles. The van der Waals surface area contributed by atoms with Gasteiger partial charge in [0.15, 0.2) is 0 Å². The molecule has 0 atom stereocenters. The first-order chi connectivity index (χ1) is 13.7. The van der Waals surface area contributed by atoms with Crippen LogP contribution in [0.1, 0.15) is 5.56 Å². The van der Waals surface area contributed by atoms with Crippen LogP contribution in [-0.4, -0.2) is 36.1 Å². The molecule has 1 aliphatic heterocycles. The van der Waals surface area contributed by atoms with Gasteiger partial charge in [0.1, 0.15) is 5.82 Å². The summed E-state index contributed by atoms with van der Waals surface area (Å²) in [4.78, 5) is 13.6. The summed E-state index contributed by atoms with van der Waals surface area (Å²) in [6.45, 7) is 3.43. The summed E-state index contributed by atoms with van der Waals surface area (Å²) < 4.78 is 0. The van der Waals surface area contributed by atoms with E-state index in [1.54, 1.807) is 18.3 Å². The van der Waals surface area contributed by atoms with E-state index in [-0.39, 0.29) is 0 Å². The summed E-state index contributed by atoms with van der Waals surface area (Å²) in [7, 11) is 0. The molecule has 1 aliphatic rings. The Kier molecular flexibility index (Phi) is 5.27. The maximum atomic E-state index is 9.04. The zero-order valence-corrected chi connectivity index (χ0v) is 16.0. The third-order valence-corrected chi connectivity index (χ3v) is 4.88. The number of halogens is 1. The van der Waals surface area contributed by atoms with Crippen molar-refractivity contribution in [2.24, 2.45) is 0 Å². The van der Waals surface area contributed by atoms with Crippen molar-refractivity contribution in [2.45, 2.75) is 0 Å². The average molecular weight is 391 g/mol. The van der Waals surface area contributed by atoms with Crippen molar-refractivity contribution >= 4 is 34.7 Å². The van der Waals surface area contributed by atoms with Crippen LogP contribution in [0.25, 0.3) is 0 Å². The third-order valence-electron chi connectivity index (χ3n) is 4.64. The number of hydrogen-bond acceptors (Lipinski definition) is 6. The van der Waals surface area contributed by atoms with Crippen molar-refractivity contribution in [3.05, 3.63) is 71.4 Å².